The minimum atomic E-state index is -0.0946. The summed E-state index contributed by atoms with van der Waals surface area (Å²) in [5, 5.41) is 0. The van der Waals surface area contributed by atoms with Crippen molar-refractivity contribution in [2.24, 2.45) is 0 Å². The standard InChI is InChI=1S/C11H13ClO2/c1-8(7-13)9-3-4-11(14-2)10(5-9)6-12/h3-5,7-8H,6H2,1-2H3. The van der Waals surface area contributed by atoms with Crippen LogP contribution in [0.25, 0.3) is 0 Å². The number of hydrogen-bond acceptors (Lipinski definition) is 2. The minimum absolute atomic E-state index is 0.0946. The monoisotopic (exact) mass is 212 g/mol. The zero-order chi connectivity index (χ0) is 10.6. The predicted molar refractivity (Wildman–Crippen MR) is 57.0 cm³/mol. The highest BCUT2D eigenvalue weighted by molar-refractivity contribution is 6.17. The molecule has 1 unspecified atom stereocenters. The van der Waals surface area contributed by atoms with Crippen LogP contribution in [0.15, 0.2) is 18.2 Å². The van der Waals surface area contributed by atoms with Gasteiger partial charge in [0, 0.05) is 11.5 Å². The summed E-state index contributed by atoms with van der Waals surface area (Å²) >= 11 is 5.76. The Morgan fingerprint density at radius 1 is 1.57 bits per heavy atom. The van der Waals surface area contributed by atoms with Gasteiger partial charge in [-0.25, -0.2) is 0 Å². The first kappa shape index (κ1) is 11.1. The molecule has 0 N–H and O–H groups in total. The lowest BCUT2D eigenvalue weighted by atomic mass is 10.0. The molecule has 0 aliphatic rings. The van der Waals surface area contributed by atoms with E-state index in [2.05, 4.69) is 0 Å². The quantitative estimate of drug-likeness (QED) is 0.567. The van der Waals surface area contributed by atoms with Gasteiger partial charge in [-0.3, -0.25) is 0 Å². The third-order valence-corrected chi connectivity index (χ3v) is 2.47. The number of aldehydes is 1. The number of methoxy groups -OCH3 is 1. The Labute approximate surface area is 88.8 Å². The highest BCUT2D eigenvalue weighted by Crippen LogP contribution is 2.24. The van der Waals surface area contributed by atoms with Gasteiger partial charge >= 0.3 is 0 Å². The number of carbonyl (C=O) groups excluding carboxylic acids is 1. The molecule has 0 spiro atoms. The van der Waals surface area contributed by atoms with Crippen LogP contribution >= 0.6 is 11.6 Å². The smallest absolute Gasteiger partial charge is 0.127 e. The van der Waals surface area contributed by atoms with Gasteiger partial charge in [0.25, 0.3) is 0 Å². The third kappa shape index (κ3) is 2.26. The molecule has 0 saturated heterocycles. The molecule has 0 amide bonds. The number of halogens is 1. The molecule has 1 aromatic rings. The molecular weight excluding hydrogens is 200 g/mol. The summed E-state index contributed by atoms with van der Waals surface area (Å²) in [6.07, 6.45) is 0.916. The predicted octanol–water partition coefficient (Wildman–Crippen LogP) is 2.74. The van der Waals surface area contributed by atoms with Crippen LogP contribution < -0.4 is 4.74 Å². The summed E-state index contributed by atoms with van der Waals surface area (Å²) in [4.78, 5) is 10.6. The molecule has 1 atom stereocenters. The molecule has 0 bridgehead atoms. The topological polar surface area (TPSA) is 26.3 Å². The van der Waals surface area contributed by atoms with E-state index in [1.54, 1.807) is 7.11 Å². The molecule has 0 heterocycles. The van der Waals surface area contributed by atoms with Crippen molar-refractivity contribution in [3.05, 3.63) is 29.3 Å². The SMILES string of the molecule is COc1ccc(C(C)C=O)cc1CCl. The summed E-state index contributed by atoms with van der Waals surface area (Å²) in [7, 11) is 1.61. The van der Waals surface area contributed by atoms with Crippen LogP contribution in [0, 0.1) is 0 Å². The van der Waals surface area contributed by atoms with Crippen LogP contribution in [0.3, 0.4) is 0 Å². The molecule has 0 aromatic heterocycles. The van der Waals surface area contributed by atoms with E-state index in [4.69, 9.17) is 16.3 Å². The van der Waals surface area contributed by atoms with Crippen LogP contribution in [0.1, 0.15) is 24.0 Å². The van der Waals surface area contributed by atoms with E-state index in [1.807, 2.05) is 25.1 Å². The van der Waals surface area contributed by atoms with Gasteiger partial charge in [-0.15, -0.1) is 11.6 Å². The van der Waals surface area contributed by atoms with Crippen LogP contribution in [-0.2, 0) is 10.7 Å². The molecule has 1 aromatic carbocycles. The summed E-state index contributed by atoms with van der Waals surface area (Å²) in [5.74, 6) is 1.06. The van der Waals surface area contributed by atoms with Gasteiger partial charge < -0.3 is 9.53 Å². The lowest BCUT2D eigenvalue weighted by Gasteiger charge is -2.09. The molecule has 3 heteroatoms. The van der Waals surface area contributed by atoms with Gasteiger partial charge in [-0.1, -0.05) is 19.1 Å². The number of alkyl halides is 1. The second kappa shape index (κ2) is 5.01. The Morgan fingerprint density at radius 2 is 2.29 bits per heavy atom. The van der Waals surface area contributed by atoms with E-state index in [0.29, 0.717) is 5.88 Å². The lowest BCUT2D eigenvalue weighted by Crippen LogP contribution is -1.97. The average molecular weight is 213 g/mol. The Hall–Kier alpha value is -1.02. The van der Waals surface area contributed by atoms with Crippen LogP contribution in [0.2, 0.25) is 0 Å². The van der Waals surface area contributed by atoms with Crippen molar-refractivity contribution in [1.82, 2.24) is 0 Å². The molecule has 1 rings (SSSR count). The van der Waals surface area contributed by atoms with Gasteiger partial charge in [0.2, 0.25) is 0 Å². The largest absolute Gasteiger partial charge is 0.496 e. The Bertz CT molecular complexity index is 323. The van der Waals surface area contributed by atoms with Gasteiger partial charge in [-0.05, 0) is 11.6 Å². The van der Waals surface area contributed by atoms with Gasteiger partial charge in [0.15, 0.2) is 0 Å². The molecule has 0 aliphatic carbocycles. The normalized spacial score (nSPS) is 12.2. The first-order chi connectivity index (χ1) is 6.72. The molecule has 0 saturated carbocycles. The van der Waals surface area contributed by atoms with Crippen LogP contribution in [-0.4, -0.2) is 13.4 Å². The van der Waals surface area contributed by atoms with E-state index in [-0.39, 0.29) is 5.92 Å². The van der Waals surface area contributed by atoms with E-state index in [0.717, 1.165) is 23.2 Å². The Balaban J connectivity index is 3.06. The second-order valence-electron chi connectivity index (χ2n) is 3.13. The van der Waals surface area contributed by atoms with Crippen LogP contribution in [0.5, 0.6) is 5.75 Å². The molecule has 0 radical (unpaired) electrons. The van der Waals surface area contributed by atoms with Crippen molar-refractivity contribution in [3.8, 4) is 5.75 Å². The zero-order valence-electron chi connectivity index (χ0n) is 8.29. The number of rotatable bonds is 4. The van der Waals surface area contributed by atoms with Crippen molar-refractivity contribution < 1.29 is 9.53 Å². The fraction of sp³-hybridized carbons (Fsp3) is 0.364. The third-order valence-electron chi connectivity index (χ3n) is 2.18. The maximum Gasteiger partial charge on any atom is 0.127 e. The summed E-state index contributed by atoms with van der Waals surface area (Å²) in [5.41, 5.74) is 1.89. The molecule has 14 heavy (non-hydrogen) atoms. The van der Waals surface area contributed by atoms with Gasteiger partial charge in [0.05, 0.1) is 13.0 Å². The van der Waals surface area contributed by atoms with Crippen molar-refractivity contribution in [1.29, 1.82) is 0 Å². The average Bonchev–Trinajstić information content (AvgIpc) is 2.26. The highest BCUT2D eigenvalue weighted by Gasteiger charge is 2.07. The van der Waals surface area contributed by atoms with E-state index >= 15 is 0 Å². The summed E-state index contributed by atoms with van der Waals surface area (Å²) in [6, 6.07) is 5.63. The maximum absolute atomic E-state index is 10.6. The Morgan fingerprint density at radius 3 is 2.79 bits per heavy atom. The number of hydrogen-bond donors (Lipinski definition) is 0. The molecule has 76 valence electrons. The van der Waals surface area contributed by atoms with Crippen molar-refractivity contribution in [3.63, 3.8) is 0 Å². The second-order valence-corrected chi connectivity index (χ2v) is 3.40. The van der Waals surface area contributed by atoms with Crippen molar-refractivity contribution in [2.45, 2.75) is 18.7 Å². The highest BCUT2D eigenvalue weighted by atomic mass is 35.5. The molecule has 2 nitrogen and oxygen atoms in total. The fourth-order valence-electron chi connectivity index (χ4n) is 1.26. The van der Waals surface area contributed by atoms with E-state index < -0.39 is 0 Å². The van der Waals surface area contributed by atoms with Gasteiger partial charge in [0.1, 0.15) is 12.0 Å². The zero-order valence-corrected chi connectivity index (χ0v) is 9.04. The maximum atomic E-state index is 10.6. The lowest BCUT2D eigenvalue weighted by molar-refractivity contribution is -0.108. The fourth-order valence-corrected chi connectivity index (χ4v) is 1.47. The summed E-state index contributed by atoms with van der Waals surface area (Å²) in [6.45, 7) is 1.85. The van der Waals surface area contributed by atoms with Gasteiger partial charge in [-0.2, -0.15) is 0 Å². The first-order valence-corrected chi connectivity index (χ1v) is 4.94. The van der Waals surface area contributed by atoms with E-state index in [1.165, 1.54) is 0 Å². The number of carbonyl (C=O) groups is 1. The van der Waals surface area contributed by atoms with Crippen molar-refractivity contribution >= 4 is 17.9 Å². The number of ether oxygens (including phenoxy) is 1. The first-order valence-electron chi connectivity index (χ1n) is 4.41. The molecule has 0 fully saturated rings. The summed E-state index contributed by atoms with van der Waals surface area (Å²) < 4.78 is 5.13. The molecule has 0 aliphatic heterocycles. The number of benzene rings is 1. The van der Waals surface area contributed by atoms with Crippen molar-refractivity contribution in [2.75, 3.05) is 7.11 Å². The van der Waals surface area contributed by atoms with Crippen LogP contribution in [0.4, 0.5) is 0 Å². The molecular formula is C11H13ClO2. The Kier molecular flexibility index (Phi) is 3.96. The van der Waals surface area contributed by atoms with E-state index in [9.17, 15) is 4.79 Å². The minimum Gasteiger partial charge on any atom is -0.496 e.